The largest absolute Gasteiger partial charge is 0.481 e. The molecule has 0 saturated heterocycles. The molecule has 1 N–H and O–H groups in total. The summed E-state index contributed by atoms with van der Waals surface area (Å²) in [6.45, 7) is 3.81. The van der Waals surface area contributed by atoms with Crippen molar-refractivity contribution in [2.75, 3.05) is 11.9 Å². The van der Waals surface area contributed by atoms with E-state index in [1.807, 2.05) is 19.2 Å². The summed E-state index contributed by atoms with van der Waals surface area (Å²) in [6, 6.07) is 5.96. The molecule has 1 amide bonds. The predicted octanol–water partition coefficient (Wildman–Crippen LogP) is 3.42. The summed E-state index contributed by atoms with van der Waals surface area (Å²) in [5.41, 5.74) is 0.931. The second-order valence-corrected chi connectivity index (χ2v) is 5.36. The number of nitrogens with zero attached hydrogens (tertiary/aromatic N) is 1. The van der Waals surface area contributed by atoms with Gasteiger partial charge >= 0.3 is 0 Å². The number of carbonyl (C=O) groups is 1. The van der Waals surface area contributed by atoms with Gasteiger partial charge in [-0.05, 0) is 18.1 Å². The Balaban J connectivity index is 1.88. The maximum absolute atomic E-state index is 13.3. The number of nitrogens with one attached hydrogen (secondary N) is 1. The third-order valence-electron chi connectivity index (χ3n) is 2.56. The highest BCUT2D eigenvalue weighted by Crippen LogP contribution is 2.21. The van der Waals surface area contributed by atoms with Crippen LogP contribution < -0.4 is 10.1 Å². The lowest BCUT2D eigenvalue weighted by Gasteiger charge is -2.06. The van der Waals surface area contributed by atoms with Gasteiger partial charge < -0.3 is 4.74 Å². The Hall–Kier alpha value is -1.95. The zero-order valence-electron chi connectivity index (χ0n) is 11.2. The topological polar surface area (TPSA) is 51.2 Å². The molecule has 0 aliphatic rings. The van der Waals surface area contributed by atoms with Crippen LogP contribution in [0.1, 0.15) is 25.5 Å². The molecule has 0 spiro atoms. The van der Waals surface area contributed by atoms with E-state index in [4.69, 9.17) is 4.74 Å². The highest BCUT2D eigenvalue weighted by molar-refractivity contribution is 7.13. The van der Waals surface area contributed by atoms with Gasteiger partial charge in [-0.3, -0.25) is 10.1 Å². The third-order valence-corrected chi connectivity index (χ3v) is 3.33. The molecule has 2 rings (SSSR count). The molecule has 0 saturated carbocycles. The van der Waals surface area contributed by atoms with E-state index in [-0.39, 0.29) is 18.3 Å². The molecule has 0 radical (unpaired) electrons. The van der Waals surface area contributed by atoms with Crippen molar-refractivity contribution >= 4 is 22.4 Å². The van der Waals surface area contributed by atoms with Gasteiger partial charge in [0.1, 0.15) is 0 Å². The molecular weight excluding hydrogens is 279 g/mol. The van der Waals surface area contributed by atoms with Crippen molar-refractivity contribution in [3.8, 4) is 5.75 Å². The fourth-order valence-corrected chi connectivity index (χ4v) is 2.36. The zero-order valence-corrected chi connectivity index (χ0v) is 12.0. The van der Waals surface area contributed by atoms with E-state index in [0.29, 0.717) is 11.0 Å². The van der Waals surface area contributed by atoms with Crippen LogP contribution in [0.2, 0.25) is 0 Å². The van der Waals surface area contributed by atoms with Crippen molar-refractivity contribution in [1.29, 1.82) is 0 Å². The first-order valence-corrected chi connectivity index (χ1v) is 7.07. The second-order valence-electron chi connectivity index (χ2n) is 4.50. The lowest BCUT2D eigenvalue weighted by Crippen LogP contribution is -2.20. The van der Waals surface area contributed by atoms with Crippen molar-refractivity contribution < 1.29 is 13.9 Å². The Labute approximate surface area is 120 Å². The third kappa shape index (κ3) is 3.77. The lowest BCUT2D eigenvalue weighted by atomic mass is 10.2. The van der Waals surface area contributed by atoms with Crippen LogP contribution in [0.25, 0.3) is 0 Å². The molecule has 1 aromatic carbocycles. The molecule has 2 aromatic rings. The SMILES string of the molecule is CC(C)c1csc(NC(=O)COc2ccccc2F)n1. The van der Waals surface area contributed by atoms with Gasteiger partial charge in [0.05, 0.1) is 5.69 Å². The number of para-hydroxylation sites is 1. The number of carbonyl (C=O) groups excluding carboxylic acids is 1. The van der Waals surface area contributed by atoms with Crippen LogP contribution in [0.3, 0.4) is 0 Å². The van der Waals surface area contributed by atoms with Crippen molar-refractivity contribution in [2.45, 2.75) is 19.8 Å². The van der Waals surface area contributed by atoms with Crippen LogP contribution in [-0.4, -0.2) is 17.5 Å². The maximum Gasteiger partial charge on any atom is 0.264 e. The van der Waals surface area contributed by atoms with E-state index in [1.54, 1.807) is 12.1 Å². The smallest absolute Gasteiger partial charge is 0.264 e. The molecule has 106 valence electrons. The van der Waals surface area contributed by atoms with E-state index < -0.39 is 5.82 Å². The molecule has 4 nitrogen and oxygen atoms in total. The van der Waals surface area contributed by atoms with Gasteiger partial charge in [0.25, 0.3) is 5.91 Å². The number of amides is 1. The summed E-state index contributed by atoms with van der Waals surface area (Å²) >= 11 is 1.36. The number of thiazole rings is 1. The minimum atomic E-state index is -0.489. The van der Waals surface area contributed by atoms with E-state index >= 15 is 0 Å². The minimum Gasteiger partial charge on any atom is -0.481 e. The number of ether oxygens (including phenoxy) is 1. The minimum absolute atomic E-state index is 0.0599. The fraction of sp³-hybridized carbons (Fsp3) is 0.286. The van der Waals surface area contributed by atoms with Gasteiger partial charge in [0.15, 0.2) is 23.3 Å². The Morgan fingerprint density at radius 2 is 2.20 bits per heavy atom. The molecule has 1 heterocycles. The molecule has 0 atom stereocenters. The molecule has 6 heteroatoms. The van der Waals surface area contributed by atoms with Crippen LogP contribution >= 0.6 is 11.3 Å². The summed E-state index contributed by atoms with van der Waals surface area (Å²) in [5, 5.41) is 5.05. The molecule has 0 fully saturated rings. The molecule has 0 bridgehead atoms. The van der Waals surface area contributed by atoms with Crippen LogP contribution in [-0.2, 0) is 4.79 Å². The average molecular weight is 294 g/mol. The molecular formula is C14H15FN2O2S. The second kappa shape index (κ2) is 6.47. The van der Waals surface area contributed by atoms with Crippen molar-refractivity contribution in [1.82, 2.24) is 4.98 Å². The van der Waals surface area contributed by atoms with E-state index in [0.717, 1.165) is 5.69 Å². The lowest BCUT2D eigenvalue weighted by molar-refractivity contribution is -0.118. The Bertz CT molecular complexity index is 598. The van der Waals surface area contributed by atoms with Crippen molar-refractivity contribution in [3.05, 3.63) is 41.2 Å². The number of benzene rings is 1. The van der Waals surface area contributed by atoms with E-state index in [1.165, 1.54) is 23.5 Å². The first kappa shape index (κ1) is 14.5. The molecule has 0 unspecified atom stereocenters. The van der Waals surface area contributed by atoms with E-state index in [9.17, 15) is 9.18 Å². The first-order valence-electron chi connectivity index (χ1n) is 6.19. The Morgan fingerprint density at radius 1 is 1.45 bits per heavy atom. The van der Waals surface area contributed by atoms with Gasteiger partial charge in [0.2, 0.25) is 0 Å². The number of aromatic nitrogens is 1. The summed E-state index contributed by atoms with van der Waals surface area (Å²) in [5.74, 6) is -0.481. The number of hydrogen-bond acceptors (Lipinski definition) is 4. The van der Waals surface area contributed by atoms with Gasteiger partial charge in [-0.1, -0.05) is 26.0 Å². The molecule has 0 aliphatic carbocycles. The van der Waals surface area contributed by atoms with Crippen LogP contribution in [0.4, 0.5) is 9.52 Å². The molecule has 0 aliphatic heterocycles. The van der Waals surface area contributed by atoms with Gasteiger partial charge in [-0.2, -0.15) is 0 Å². The fourth-order valence-electron chi connectivity index (χ4n) is 1.47. The Morgan fingerprint density at radius 3 is 2.85 bits per heavy atom. The van der Waals surface area contributed by atoms with Crippen LogP contribution in [0.5, 0.6) is 5.75 Å². The molecule has 20 heavy (non-hydrogen) atoms. The standard InChI is InChI=1S/C14H15FN2O2S/c1-9(2)11-8-20-14(16-11)17-13(18)7-19-12-6-4-3-5-10(12)15/h3-6,8-9H,7H2,1-2H3,(H,16,17,18). The highest BCUT2D eigenvalue weighted by Gasteiger charge is 2.10. The predicted molar refractivity (Wildman–Crippen MR) is 76.7 cm³/mol. The van der Waals surface area contributed by atoms with Gasteiger partial charge in [0, 0.05) is 5.38 Å². The zero-order chi connectivity index (χ0) is 14.5. The summed E-state index contributed by atoms with van der Waals surface area (Å²) in [4.78, 5) is 16.0. The van der Waals surface area contributed by atoms with Crippen molar-refractivity contribution in [3.63, 3.8) is 0 Å². The molecule has 1 aromatic heterocycles. The monoisotopic (exact) mass is 294 g/mol. The Kier molecular flexibility index (Phi) is 4.68. The normalized spacial score (nSPS) is 10.6. The quantitative estimate of drug-likeness (QED) is 0.919. The number of hydrogen-bond donors (Lipinski definition) is 1. The first-order chi connectivity index (χ1) is 9.56. The average Bonchev–Trinajstić information content (AvgIpc) is 2.86. The summed E-state index contributed by atoms with van der Waals surface area (Å²) in [6.07, 6.45) is 0. The summed E-state index contributed by atoms with van der Waals surface area (Å²) < 4.78 is 18.4. The van der Waals surface area contributed by atoms with Gasteiger partial charge in [-0.15, -0.1) is 11.3 Å². The summed E-state index contributed by atoms with van der Waals surface area (Å²) in [7, 11) is 0. The van der Waals surface area contributed by atoms with Crippen molar-refractivity contribution in [2.24, 2.45) is 0 Å². The van der Waals surface area contributed by atoms with Crippen LogP contribution in [0, 0.1) is 5.82 Å². The maximum atomic E-state index is 13.3. The highest BCUT2D eigenvalue weighted by atomic mass is 32.1. The van der Waals surface area contributed by atoms with Crippen LogP contribution in [0.15, 0.2) is 29.6 Å². The number of rotatable bonds is 5. The van der Waals surface area contributed by atoms with E-state index in [2.05, 4.69) is 10.3 Å². The number of anilines is 1. The number of halogens is 1. The van der Waals surface area contributed by atoms with Gasteiger partial charge in [-0.25, -0.2) is 9.37 Å².